The molecule has 1 aromatic carbocycles. The molecule has 6 nitrogen and oxygen atoms in total. The van der Waals surface area contributed by atoms with E-state index in [1.54, 1.807) is 0 Å². The van der Waals surface area contributed by atoms with E-state index in [2.05, 4.69) is 17.6 Å². The van der Waals surface area contributed by atoms with Crippen LogP contribution in [-0.2, 0) is 0 Å². The fraction of sp³-hybridized carbons (Fsp3) is 0.417. The Kier molecular flexibility index (Phi) is 6.08. The lowest BCUT2D eigenvalue weighted by Gasteiger charge is -2.07. The predicted octanol–water partition coefficient (Wildman–Crippen LogP) is 3.56. The number of benzene rings is 1. The molecular weight excluding hydrogens is 270 g/mol. The molecule has 2 N–H and O–H groups in total. The summed E-state index contributed by atoms with van der Waals surface area (Å²) in [7, 11) is 0. The molecule has 0 atom stereocenters. The number of hydrogen-bond donors (Lipinski definition) is 2. The van der Waals surface area contributed by atoms with Gasteiger partial charge in [0.1, 0.15) is 5.02 Å². The summed E-state index contributed by atoms with van der Waals surface area (Å²) >= 11 is 5.68. The van der Waals surface area contributed by atoms with E-state index < -0.39 is 4.92 Å². The molecule has 19 heavy (non-hydrogen) atoms. The molecule has 0 spiro atoms. The number of urea groups is 1. The third kappa shape index (κ3) is 5.13. The SMILES string of the molecule is CCCCCNC(=O)Nc1ccc(Cl)c([N+](=O)[O-])c1. The third-order valence-corrected chi connectivity index (χ3v) is 2.79. The topological polar surface area (TPSA) is 84.3 Å². The van der Waals surface area contributed by atoms with Crippen LogP contribution in [0, 0.1) is 10.1 Å². The zero-order valence-electron chi connectivity index (χ0n) is 10.6. The Bertz CT molecular complexity index is 466. The predicted molar refractivity (Wildman–Crippen MR) is 74.7 cm³/mol. The van der Waals surface area contributed by atoms with E-state index >= 15 is 0 Å². The lowest BCUT2D eigenvalue weighted by Crippen LogP contribution is -2.29. The third-order valence-electron chi connectivity index (χ3n) is 2.47. The smallest absolute Gasteiger partial charge is 0.319 e. The summed E-state index contributed by atoms with van der Waals surface area (Å²) in [5.74, 6) is 0. The monoisotopic (exact) mass is 285 g/mol. The maximum absolute atomic E-state index is 11.5. The minimum atomic E-state index is -0.591. The Morgan fingerprint density at radius 3 is 2.79 bits per heavy atom. The van der Waals surface area contributed by atoms with Crippen LogP contribution < -0.4 is 10.6 Å². The first-order valence-corrected chi connectivity index (χ1v) is 6.41. The normalized spacial score (nSPS) is 10.0. The van der Waals surface area contributed by atoms with E-state index in [9.17, 15) is 14.9 Å². The van der Waals surface area contributed by atoms with Crippen LogP contribution in [0.3, 0.4) is 0 Å². The van der Waals surface area contributed by atoms with Crippen molar-refractivity contribution in [1.82, 2.24) is 5.32 Å². The number of carbonyl (C=O) groups excluding carboxylic acids is 1. The first kappa shape index (κ1) is 15.2. The Labute approximate surface area is 116 Å². The highest BCUT2D eigenvalue weighted by Gasteiger charge is 2.13. The fourth-order valence-electron chi connectivity index (χ4n) is 1.48. The first-order valence-electron chi connectivity index (χ1n) is 6.03. The molecule has 104 valence electrons. The van der Waals surface area contributed by atoms with Crippen LogP contribution in [0.5, 0.6) is 0 Å². The summed E-state index contributed by atoms with van der Waals surface area (Å²) in [5, 5.41) is 15.9. The average molecular weight is 286 g/mol. The Morgan fingerprint density at radius 2 is 2.16 bits per heavy atom. The van der Waals surface area contributed by atoms with Crippen molar-refractivity contribution in [2.45, 2.75) is 26.2 Å². The number of rotatable bonds is 6. The van der Waals surface area contributed by atoms with E-state index in [1.165, 1.54) is 18.2 Å². The molecular formula is C12H16ClN3O3. The van der Waals surface area contributed by atoms with Gasteiger partial charge in [0.25, 0.3) is 5.69 Å². The second-order valence-corrected chi connectivity index (χ2v) is 4.42. The molecule has 0 bridgehead atoms. The highest BCUT2D eigenvalue weighted by atomic mass is 35.5. The summed E-state index contributed by atoms with van der Waals surface area (Å²) in [6.07, 6.45) is 3.03. The van der Waals surface area contributed by atoms with Gasteiger partial charge in [-0.25, -0.2) is 4.79 Å². The molecule has 0 aliphatic carbocycles. The van der Waals surface area contributed by atoms with E-state index in [-0.39, 0.29) is 16.7 Å². The van der Waals surface area contributed by atoms with Crippen LogP contribution in [0.25, 0.3) is 0 Å². The van der Waals surface area contributed by atoms with Crippen molar-refractivity contribution in [3.8, 4) is 0 Å². The van der Waals surface area contributed by atoms with E-state index in [4.69, 9.17) is 11.6 Å². The van der Waals surface area contributed by atoms with Crippen LogP contribution in [0.1, 0.15) is 26.2 Å². The van der Waals surface area contributed by atoms with Crippen LogP contribution >= 0.6 is 11.6 Å². The van der Waals surface area contributed by atoms with Crippen molar-refractivity contribution >= 4 is 29.0 Å². The van der Waals surface area contributed by atoms with Gasteiger partial charge >= 0.3 is 6.03 Å². The molecule has 0 saturated carbocycles. The quantitative estimate of drug-likeness (QED) is 0.476. The summed E-state index contributed by atoms with van der Waals surface area (Å²) in [6.45, 7) is 2.66. The van der Waals surface area contributed by atoms with E-state index in [0.29, 0.717) is 12.2 Å². The number of nitrogens with zero attached hydrogens (tertiary/aromatic N) is 1. The number of nitro benzene ring substituents is 1. The molecule has 0 unspecified atom stereocenters. The van der Waals surface area contributed by atoms with Crippen molar-refractivity contribution < 1.29 is 9.72 Å². The highest BCUT2D eigenvalue weighted by molar-refractivity contribution is 6.32. The largest absolute Gasteiger partial charge is 0.338 e. The molecule has 7 heteroatoms. The lowest BCUT2D eigenvalue weighted by atomic mass is 10.2. The number of anilines is 1. The second-order valence-electron chi connectivity index (χ2n) is 4.01. The maximum Gasteiger partial charge on any atom is 0.319 e. The van der Waals surface area contributed by atoms with Gasteiger partial charge in [-0.05, 0) is 18.6 Å². The number of amides is 2. The van der Waals surface area contributed by atoms with Crippen molar-refractivity contribution in [3.63, 3.8) is 0 Å². The molecule has 0 fully saturated rings. The maximum atomic E-state index is 11.5. The Hall–Kier alpha value is -1.82. The summed E-state index contributed by atoms with van der Waals surface area (Å²) in [5.41, 5.74) is 0.106. The number of nitro groups is 1. The summed E-state index contributed by atoms with van der Waals surface area (Å²) in [4.78, 5) is 21.6. The van der Waals surface area contributed by atoms with Gasteiger partial charge in [0, 0.05) is 18.3 Å². The molecule has 1 rings (SSSR count). The number of nitrogens with one attached hydrogen (secondary N) is 2. The molecule has 2 amide bonds. The summed E-state index contributed by atoms with van der Waals surface area (Å²) < 4.78 is 0. The molecule has 0 aliphatic heterocycles. The van der Waals surface area contributed by atoms with Crippen molar-refractivity contribution in [3.05, 3.63) is 33.3 Å². The number of carbonyl (C=O) groups is 1. The van der Waals surface area contributed by atoms with Crippen LogP contribution in [0.2, 0.25) is 5.02 Å². The van der Waals surface area contributed by atoms with Gasteiger partial charge in [0.15, 0.2) is 0 Å². The van der Waals surface area contributed by atoms with Crippen molar-refractivity contribution in [2.75, 3.05) is 11.9 Å². The Morgan fingerprint density at radius 1 is 1.42 bits per heavy atom. The van der Waals surface area contributed by atoms with Gasteiger partial charge in [-0.3, -0.25) is 10.1 Å². The van der Waals surface area contributed by atoms with Crippen LogP contribution in [-0.4, -0.2) is 17.5 Å². The minimum Gasteiger partial charge on any atom is -0.338 e. The van der Waals surface area contributed by atoms with Gasteiger partial charge in [0.05, 0.1) is 4.92 Å². The Balaban J connectivity index is 2.55. The average Bonchev–Trinajstić information content (AvgIpc) is 2.36. The first-order chi connectivity index (χ1) is 9.04. The number of hydrogen-bond acceptors (Lipinski definition) is 3. The highest BCUT2D eigenvalue weighted by Crippen LogP contribution is 2.27. The standard InChI is InChI=1S/C12H16ClN3O3/c1-2-3-4-7-14-12(17)15-9-5-6-10(13)11(8-9)16(18)19/h5-6,8H,2-4,7H2,1H3,(H2,14,15,17). The molecule has 0 aromatic heterocycles. The second kappa shape index (κ2) is 7.58. The van der Waals surface area contributed by atoms with Gasteiger partial charge in [0.2, 0.25) is 0 Å². The van der Waals surface area contributed by atoms with Gasteiger partial charge in [-0.15, -0.1) is 0 Å². The zero-order chi connectivity index (χ0) is 14.3. The van der Waals surface area contributed by atoms with Crippen LogP contribution in [0.15, 0.2) is 18.2 Å². The van der Waals surface area contributed by atoms with Crippen molar-refractivity contribution in [2.24, 2.45) is 0 Å². The van der Waals surface area contributed by atoms with Crippen molar-refractivity contribution in [1.29, 1.82) is 0 Å². The minimum absolute atomic E-state index is 0.0407. The molecule has 0 radical (unpaired) electrons. The van der Waals surface area contributed by atoms with Crippen LogP contribution in [0.4, 0.5) is 16.2 Å². The number of halogens is 1. The van der Waals surface area contributed by atoms with Gasteiger partial charge in [-0.1, -0.05) is 31.4 Å². The molecule has 0 heterocycles. The van der Waals surface area contributed by atoms with E-state index in [1.807, 2.05) is 0 Å². The molecule has 0 saturated heterocycles. The zero-order valence-corrected chi connectivity index (χ0v) is 11.4. The fourth-order valence-corrected chi connectivity index (χ4v) is 1.67. The van der Waals surface area contributed by atoms with Gasteiger partial charge in [-0.2, -0.15) is 0 Å². The number of unbranched alkanes of at least 4 members (excludes halogenated alkanes) is 2. The molecule has 1 aromatic rings. The van der Waals surface area contributed by atoms with E-state index in [0.717, 1.165) is 19.3 Å². The molecule has 0 aliphatic rings. The van der Waals surface area contributed by atoms with Gasteiger partial charge < -0.3 is 10.6 Å². The lowest BCUT2D eigenvalue weighted by molar-refractivity contribution is -0.384. The summed E-state index contributed by atoms with van der Waals surface area (Å²) in [6, 6.07) is 3.74.